The van der Waals surface area contributed by atoms with Gasteiger partial charge in [0.05, 0.1) is 7.11 Å². The molecule has 0 aliphatic heterocycles. The molecule has 0 aliphatic rings. The normalized spacial score (nSPS) is 11.8. The second-order valence-electron chi connectivity index (χ2n) is 3.45. The van der Waals surface area contributed by atoms with Gasteiger partial charge in [0.2, 0.25) is 0 Å². The van der Waals surface area contributed by atoms with Crippen LogP contribution in [0.2, 0.25) is 0 Å². The number of nitrogens with zero attached hydrogens (tertiary/aromatic N) is 1. The smallest absolute Gasteiger partial charge is 0.119 e. The Morgan fingerprint density at radius 1 is 1.44 bits per heavy atom. The third-order valence-electron chi connectivity index (χ3n) is 2.33. The molecule has 1 aromatic carbocycles. The summed E-state index contributed by atoms with van der Waals surface area (Å²) in [5, 5.41) is 0. The van der Waals surface area contributed by atoms with Gasteiger partial charge in [-0.3, -0.25) is 4.99 Å². The lowest BCUT2D eigenvalue weighted by Crippen LogP contribution is -1.90. The minimum atomic E-state index is 0.847. The predicted octanol–water partition coefficient (Wildman–Crippen LogP) is 3.62. The van der Waals surface area contributed by atoms with E-state index in [0.29, 0.717) is 0 Å². The van der Waals surface area contributed by atoms with E-state index in [2.05, 4.69) is 18.6 Å². The van der Waals surface area contributed by atoms with Crippen LogP contribution in [-0.4, -0.2) is 13.8 Å². The van der Waals surface area contributed by atoms with Crippen molar-refractivity contribution < 1.29 is 4.74 Å². The molecule has 16 heavy (non-hydrogen) atoms. The fourth-order valence-corrected chi connectivity index (χ4v) is 1.52. The highest BCUT2D eigenvalue weighted by atomic mass is 16.5. The number of ether oxygens (including phenoxy) is 1. The molecule has 0 amide bonds. The SMILES string of the molecule is C=N/C=C(\C=C/C)c1cc(OC)ccc1C. The van der Waals surface area contributed by atoms with Gasteiger partial charge >= 0.3 is 0 Å². The van der Waals surface area contributed by atoms with E-state index in [1.54, 1.807) is 13.3 Å². The molecule has 0 aliphatic carbocycles. The molecule has 0 aromatic heterocycles. The molecule has 0 saturated heterocycles. The highest BCUT2D eigenvalue weighted by Gasteiger charge is 2.03. The number of rotatable bonds is 4. The van der Waals surface area contributed by atoms with Crippen LogP contribution in [0.25, 0.3) is 5.57 Å². The summed E-state index contributed by atoms with van der Waals surface area (Å²) < 4.78 is 5.22. The Morgan fingerprint density at radius 3 is 2.75 bits per heavy atom. The van der Waals surface area contributed by atoms with Gasteiger partial charge in [-0.2, -0.15) is 0 Å². The molecule has 0 fully saturated rings. The minimum absolute atomic E-state index is 0.847. The molecule has 1 aromatic rings. The number of hydrogen-bond donors (Lipinski definition) is 0. The summed E-state index contributed by atoms with van der Waals surface area (Å²) in [6.07, 6.45) is 5.74. The number of aliphatic imine (C=N–C) groups is 1. The van der Waals surface area contributed by atoms with E-state index in [-0.39, 0.29) is 0 Å². The number of benzene rings is 1. The molecule has 0 N–H and O–H groups in total. The van der Waals surface area contributed by atoms with Gasteiger partial charge in [0.1, 0.15) is 5.75 Å². The first-order valence-corrected chi connectivity index (χ1v) is 5.16. The summed E-state index contributed by atoms with van der Waals surface area (Å²) >= 11 is 0. The first-order valence-electron chi connectivity index (χ1n) is 5.16. The lowest BCUT2D eigenvalue weighted by atomic mass is 10.0. The van der Waals surface area contributed by atoms with E-state index in [0.717, 1.165) is 16.9 Å². The largest absolute Gasteiger partial charge is 0.497 e. The Balaban J connectivity index is 3.27. The third-order valence-corrected chi connectivity index (χ3v) is 2.33. The van der Waals surface area contributed by atoms with E-state index >= 15 is 0 Å². The van der Waals surface area contributed by atoms with E-state index < -0.39 is 0 Å². The second-order valence-corrected chi connectivity index (χ2v) is 3.45. The maximum absolute atomic E-state index is 5.22. The zero-order valence-electron chi connectivity index (χ0n) is 10.0. The Morgan fingerprint density at radius 2 is 2.19 bits per heavy atom. The number of methoxy groups -OCH3 is 1. The fraction of sp³-hybridized carbons (Fsp3) is 0.214. The van der Waals surface area contributed by atoms with Gasteiger partial charge in [-0.25, -0.2) is 0 Å². The summed E-state index contributed by atoms with van der Waals surface area (Å²) in [5.41, 5.74) is 3.34. The minimum Gasteiger partial charge on any atom is -0.497 e. The van der Waals surface area contributed by atoms with Crippen LogP contribution in [0.3, 0.4) is 0 Å². The number of hydrogen-bond acceptors (Lipinski definition) is 2. The maximum atomic E-state index is 5.22. The van der Waals surface area contributed by atoms with E-state index in [1.807, 2.05) is 37.3 Å². The lowest BCUT2D eigenvalue weighted by Gasteiger charge is -2.08. The molecule has 0 saturated carbocycles. The van der Waals surface area contributed by atoms with Crippen LogP contribution < -0.4 is 4.74 Å². The Hall–Kier alpha value is -1.83. The van der Waals surface area contributed by atoms with Crippen molar-refractivity contribution in [2.24, 2.45) is 4.99 Å². The van der Waals surface area contributed by atoms with Crippen molar-refractivity contribution in [2.45, 2.75) is 13.8 Å². The highest BCUT2D eigenvalue weighted by Crippen LogP contribution is 2.25. The molecule has 0 bridgehead atoms. The van der Waals surface area contributed by atoms with Crippen molar-refractivity contribution >= 4 is 12.3 Å². The van der Waals surface area contributed by atoms with Crippen LogP contribution in [-0.2, 0) is 0 Å². The first kappa shape index (κ1) is 12.2. The van der Waals surface area contributed by atoms with E-state index in [1.165, 1.54) is 5.56 Å². The molecule has 0 unspecified atom stereocenters. The average molecular weight is 215 g/mol. The Labute approximate surface area is 97.0 Å². The molecule has 1 rings (SSSR count). The van der Waals surface area contributed by atoms with E-state index in [4.69, 9.17) is 4.74 Å². The molecule has 0 atom stereocenters. The fourth-order valence-electron chi connectivity index (χ4n) is 1.52. The quantitative estimate of drug-likeness (QED) is 0.555. The van der Waals surface area contributed by atoms with Crippen LogP contribution in [0.5, 0.6) is 5.75 Å². The molecular weight excluding hydrogens is 198 g/mol. The standard InChI is InChI=1S/C14H17NO/c1-5-6-12(10-15-3)14-9-13(16-4)8-7-11(14)2/h5-10H,3H2,1-2,4H3/b6-5-,12-10+. The topological polar surface area (TPSA) is 21.6 Å². The Kier molecular flexibility index (Phi) is 4.52. The van der Waals surface area contributed by atoms with Gasteiger partial charge in [0.25, 0.3) is 0 Å². The van der Waals surface area contributed by atoms with Crippen molar-refractivity contribution in [2.75, 3.05) is 7.11 Å². The maximum Gasteiger partial charge on any atom is 0.119 e. The zero-order valence-corrected chi connectivity index (χ0v) is 10.0. The van der Waals surface area contributed by atoms with Crippen molar-refractivity contribution in [3.05, 3.63) is 47.7 Å². The van der Waals surface area contributed by atoms with Crippen molar-refractivity contribution in [3.8, 4) is 5.75 Å². The summed E-state index contributed by atoms with van der Waals surface area (Å²) in [5.74, 6) is 0.847. The van der Waals surface area contributed by atoms with E-state index in [9.17, 15) is 0 Å². The monoisotopic (exact) mass is 215 g/mol. The summed E-state index contributed by atoms with van der Waals surface area (Å²) in [4.78, 5) is 3.82. The van der Waals surface area contributed by atoms with Gasteiger partial charge in [-0.1, -0.05) is 18.2 Å². The summed E-state index contributed by atoms with van der Waals surface area (Å²) in [6.45, 7) is 7.53. The molecule has 2 heteroatoms. The van der Waals surface area contributed by atoms with Gasteiger partial charge in [-0.05, 0) is 49.4 Å². The number of allylic oxidation sites excluding steroid dienone is 3. The van der Waals surface area contributed by atoms with Crippen molar-refractivity contribution in [1.82, 2.24) is 0 Å². The van der Waals surface area contributed by atoms with Crippen LogP contribution in [0, 0.1) is 6.92 Å². The molecule has 2 nitrogen and oxygen atoms in total. The molecule has 0 spiro atoms. The third kappa shape index (κ3) is 2.83. The second kappa shape index (κ2) is 5.91. The van der Waals surface area contributed by atoms with Crippen LogP contribution in [0.4, 0.5) is 0 Å². The predicted molar refractivity (Wildman–Crippen MR) is 70.1 cm³/mol. The van der Waals surface area contributed by atoms with Gasteiger partial charge in [0, 0.05) is 6.20 Å². The van der Waals surface area contributed by atoms with Gasteiger partial charge in [0.15, 0.2) is 0 Å². The van der Waals surface area contributed by atoms with Crippen molar-refractivity contribution in [3.63, 3.8) is 0 Å². The summed E-state index contributed by atoms with van der Waals surface area (Å²) in [6, 6.07) is 5.99. The van der Waals surface area contributed by atoms with Crippen LogP contribution in [0.15, 0.2) is 41.5 Å². The molecular formula is C14H17NO. The Bertz CT molecular complexity index is 430. The summed E-state index contributed by atoms with van der Waals surface area (Å²) in [7, 11) is 1.67. The lowest BCUT2D eigenvalue weighted by molar-refractivity contribution is 0.414. The van der Waals surface area contributed by atoms with Crippen LogP contribution in [0.1, 0.15) is 18.1 Å². The zero-order chi connectivity index (χ0) is 12.0. The number of aryl methyl sites for hydroxylation is 1. The van der Waals surface area contributed by atoms with Gasteiger partial charge < -0.3 is 4.74 Å². The molecule has 0 heterocycles. The van der Waals surface area contributed by atoms with Gasteiger partial charge in [-0.15, -0.1) is 0 Å². The first-order chi connectivity index (χ1) is 7.72. The van der Waals surface area contributed by atoms with Crippen molar-refractivity contribution in [1.29, 1.82) is 0 Å². The highest BCUT2D eigenvalue weighted by molar-refractivity contribution is 5.76. The average Bonchev–Trinajstić information content (AvgIpc) is 2.29. The molecule has 0 radical (unpaired) electrons. The van der Waals surface area contributed by atoms with Crippen LogP contribution >= 0.6 is 0 Å². The molecule has 84 valence electrons.